The highest BCUT2D eigenvalue weighted by atomic mass is 35.5. The maximum atomic E-state index is 14.3. The molecule has 42 heavy (non-hydrogen) atoms. The van der Waals surface area contributed by atoms with Gasteiger partial charge in [-0.25, -0.2) is 8.42 Å². The summed E-state index contributed by atoms with van der Waals surface area (Å²) in [5.41, 5.74) is 1.54. The number of carbonyl (C=O) groups excluding carboxylic acids is 2. The van der Waals surface area contributed by atoms with E-state index in [1.165, 1.54) is 24.1 Å². The molecule has 0 spiro atoms. The second kappa shape index (κ2) is 14.8. The van der Waals surface area contributed by atoms with Crippen molar-refractivity contribution in [1.82, 2.24) is 10.2 Å². The van der Waals surface area contributed by atoms with Gasteiger partial charge in [0.05, 0.1) is 17.7 Å². The first-order valence-electron chi connectivity index (χ1n) is 13.7. The number of halogens is 2. The van der Waals surface area contributed by atoms with Crippen molar-refractivity contribution < 1.29 is 22.7 Å². The van der Waals surface area contributed by atoms with Gasteiger partial charge in [-0.15, -0.1) is 0 Å². The van der Waals surface area contributed by atoms with Crippen molar-refractivity contribution in [3.8, 4) is 5.75 Å². The average molecular weight is 635 g/mol. The third-order valence-electron chi connectivity index (χ3n) is 6.96. The number of hydrogen-bond donors (Lipinski definition) is 1. The van der Waals surface area contributed by atoms with Crippen LogP contribution in [0.4, 0.5) is 5.69 Å². The van der Waals surface area contributed by atoms with Gasteiger partial charge in [0.15, 0.2) is 0 Å². The van der Waals surface area contributed by atoms with Crippen LogP contribution in [-0.4, -0.2) is 50.9 Å². The van der Waals surface area contributed by atoms with Gasteiger partial charge in [-0.05, 0) is 74.2 Å². The number of sulfonamides is 1. The van der Waals surface area contributed by atoms with Crippen LogP contribution in [0.15, 0.2) is 71.6 Å². The summed E-state index contributed by atoms with van der Waals surface area (Å²) in [7, 11) is -2.80. The molecule has 0 aromatic heterocycles. The quantitative estimate of drug-likeness (QED) is 0.241. The van der Waals surface area contributed by atoms with Crippen molar-refractivity contribution >= 4 is 50.7 Å². The summed E-state index contributed by atoms with van der Waals surface area (Å²) in [6.45, 7) is 6.82. The number of hydrogen-bond acceptors (Lipinski definition) is 5. The molecule has 0 saturated heterocycles. The van der Waals surface area contributed by atoms with Gasteiger partial charge < -0.3 is 15.0 Å². The van der Waals surface area contributed by atoms with Gasteiger partial charge >= 0.3 is 0 Å². The SMILES string of the molecule is CC[C@@H](C)NC(=O)[C@@H](CC)N(Cc1ccc(Cl)cc1Cl)C(=O)CN(c1cc(C)ccc1OC)S(=O)(=O)c1ccccc1. The summed E-state index contributed by atoms with van der Waals surface area (Å²) in [5, 5.41) is 3.70. The Morgan fingerprint density at radius 1 is 0.976 bits per heavy atom. The monoisotopic (exact) mass is 633 g/mol. The first-order valence-corrected chi connectivity index (χ1v) is 15.9. The molecule has 0 aliphatic rings. The van der Waals surface area contributed by atoms with E-state index in [2.05, 4.69) is 5.32 Å². The normalized spacial score (nSPS) is 12.7. The third-order valence-corrected chi connectivity index (χ3v) is 9.32. The summed E-state index contributed by atoms with van der Waals surface area (Å²) in [5.74, 6) is -0.645. The molecule has 11 heteroatoms. The Balaban J connectivity index is 2.14. The number of aryl methyl sites for hydroxylation is 1. The van der Waals surface area contributed by atoms with Gasteiger partial charge in [-0.1, -0.05) is 67.4 Å². The average Bonchev–Trinajstić information content (AvgIpc) is 2.97. The molecule has 1 N–H and O–H groups in total. The van der Waals surface area contributed by atoms with Crippen LogP contribution >= 0.6 is 23.2 Å². The molecule has 3 rings (SSSR count). The molecule has 3 aromatic carbocycles. The van der Waals surface area contributed by atoms with Gasteiger partial charge in [0, 0.05) is 22.6 Å². The summed E-state index contributed by atoms with van der Waals surface area (Å²) in [6.07, 6.45) is 0.994. The molecule has 0 fully saturated rings. The van der Waals surface area contributed by atoms with Gasteiger partial charge in [-0.3, -0.25) is 13.9 Å². The van der Waals surface area contributed by atoms with E-state index in [-0.39, 0.29) is 34.8 Å². The smallest absolute Gasteiger partial charge is 0.264 e. The minimum Gasteiger partial charge on any atom is -0.495 e. The van der Waals surface area contributed by atoms with Crippen molar-refractivity contribution in [2.24, 2.45) is 0 Å². The number of rotatable bonds is 13. The van der Waals surface area contributed by atoms with Crippen LogP contribution < -0.4 is 14.4 Å². The Morgan fingerprint density at radius 2 is 1.67 bits per heavy atom. The molecular weight excluding hydrogens is 597 g/mol. The second-order valence-corrected chi connectivity index (χ2v) is 12.7. The van der Waals surface area contributed by atoms with Crippen LogP contribution in [-0.2, 0) is 26.2 Å². The number of nitrogens with zero attached hydrogens (tertiary/aromatic N) is 2. The van der Waals surface area contributed by atoms with Crippen LogP contribution in [0.3, 0.4) is 0 Å². The zero-order valence-electron chi connectivity index (χ0n) is 24.4. The molecule has 0 heterocycles. The number of anilines is 1. The summed E-state index contributed by atoms with van der Waals surface area (Å²) >= 11 is 12.6. The number of methoxy groups -OCH3 is 1. The first-order chi connectivity index (χ1) is 19.9. The molecule has 0 unspecified atom stereocenters. The van der Waals surface area contributed by atoms with Crippen molar-refractivity contribution in [2.45, 2.75) is 64.1 Å². The predicted molar refractivity (Wildman–Crippen MR) is 168 cm³/mol. The first kappa shape index (κ1) is 33.2. The minimum absolute atomic E-state index is 0.00945. The van der Waals surface area contributed by atoms with Crippen LogP contribution in [0.5, 0.6) is 5.75 Å². The fraction of sp³-hybridized carbons (Fsp3) is 0.355. The molecule has 0 bridgehead atoms. The van der Waals surface area contributed by atoms with E-state index >= 15 is 0 Å². The number of ether oxygens (including phenoxy) is 1. The van der Waals surface area contributed by atoms with E-state index in [0.717, 1.165) is 9.87 Å². The second-order valence-electron chi connectivity index (χ2n) is 10.00. The molecule has 0 aliphatic carbocycles. The summed E-state index contributed by atoms with van der Waals surface area (Å²) in [6, 6.07) is 16.9. The maximum Gasteiger partial charge on any atom is 0.264 e. The van der Waals surface area contributed by atoms with E-state index in [1.54, 1.807) is 61.5 Å². The zero-order chi connectivity index (χ0) is 31.0. The highest BCUT2D eigenvalue weighted by molar-refractivity contribution is 7.92. The van der Waals surface area contributed by atoms with E-state index in [4.69, 9.17) is 27.9 Å². The number of amides is 2. The van der Waals surface area contributed by atoms with Gasteiger partial charge in [0.25, 0.3) is 10.0 Å². The Morgan fingerprint density at radius 3 is 2.26 bits per heavy atom. The Labute approximate surface area is 258 Å². The lowest BCUT2D eigenvalue weighted by atomic mass is 10.1. The van der Waals surface area contributed by atoms with E-state index < -0.39 is 28.5 Å². The number of carbonyl (C=O) groups is 2. The zero-order valence-corrected chi connectivity index (χ0v) is 26.8. The highest BCUT2D eigenvalue weighted by Crippen LogP contribution is 2.34. The summed E-state index contributed by atoms with van der Waals surface area (Å²) < 4.78 is 34.7. The van der Waals surface area contributed by atoms with Gasteiger partial charge in [0.2, 0.25) is 11.8 Å². The van der Waals surface area contributed by atoms with E-state index in [9.17, 15) is 18.0 Å². The largest absolute Gasteiger partial charge is 0.495 e. The van der Waals surface area contributed by atoms with Gasteiger partial charge in [-0.2, -0.15) is 0 Å². The topological polar surface area (TPSA) is 96.0 Å². The number of benzene rings is 3. The molecule has 0 saturated carbocycles. The maximum absolute atomic E-state index is 14.3. The lowest BCUT2D eigenvalue weighted by Gasteiger charge is -2.34. The molecule has 3 aromatic rings. The van der Waals surface area contributed by atoms with Crippen LogP contribution in [0.25, 0.3) is 0 Å². The van der Waals surface area contributed by atoms with Crippen LogP contribution in [0, 0.1) is 6.92 Å². The molecule has 0 radical (unpaired) electrons. The fourth-order valence-corrected chi connectivity index (χ4v) is 6.33. The molecule has 226 valence electrons. The Hall–Kier alpha value is -3.27. The molecule has 2 atom stereocenters. The van der Waals surface area contributed by atoms with Gasteiger partial charge in [0.1, 0.15) is 18.3 Å². The molecular formula is C31H37Cl2N3O5S. The van der Waals surface area contributed by atoms with E-state index in [1.807, 2.05) is 20.8 Å². The highest BCUT2D eigenvalue weighted by Gasteiger charge is 2.35. The number of nitrogens with one attached hydrogen (secondary N) is 1. The van der Waals surface area contributed by atoms with Crippen molar-refractivity contribution in [3.05, 3.63) is 87.9 Å². The van der Waals surface area contributed by atoms with Crippen molar-refractivity contribution in [3.63, 3.8) is 0 Å². The van der Waals surface area contributed by atoms with Crippen molar-refractivity contribution in [1.29, 1.82) is 0 Å². The Bertz CT molecular complexity index is 1500. The minimum atomic E-state index is -4.23. The molecule has 2 amide bonds. The molecule has 0 aliphatic heterocycles. The predicted octanol–water partition coefficient (Wildman–Crippen LogP) is 6.23. The standard InChI is InChI=1S/C31H37Cl2N3O5S/c1-6-22(4)34-31(38)27(7-2)35(19-23-14-15-24(32)18-26(23)33)30(37)20-36(28-17-21(3)13-16-29(28)41-5)42(39,40)25-11-9-8-10-12-25/h8-18,22,27H,6-7,19-20H2,1-5H3,(H,34,38)/t22-,27-/m1/s1. The van der Waals surface area contributed by atoms with Crippen LogP contribution in [0.2, 0.25) is 10.0 Å². The van der Waals surface area contributed by atoms with Crippen LogP contribution in [0.1, 0.15) is 44.7 Å². The van der Waals surface area contributed by atoms with E-state index in [0.29, 0.717) is 28.5 Å². The Kier molecular flexibility index (Phi) is 11.7. The van der Waals surface area contributed by atoms with Crippen molar-refractivity contribution in [2.75, 3.05) is 18.0 Å². The summed E-state index contributed by atoms with van der Waals surface area (Å²) in [4.78, 5) is 29.1. The lowest BCUT2D eigenvalue weighted by molar-refractivity contribution is -0.140. The third kappa shape index (κ3) is 7.96. The molecule has 8 nitrogen and oxygen atoms in total. The lowest BCUT2D eigenvalue weighted by Crippen LogP contribution is -2.53. The fourth-order valence-electron chi connectivity index (χ4n) is 4.42.